The number of carbonyl (C=O) groups is 1. The minimum absolute atomic E-state index is 0.0242. The molecule has 0 saturated heterocycles. The van der Waals surface area contributed by atoms with Crippen LogP contribution in [0.25, 0.3) is 0 Å². The second-order valence-corrected chi connectivity index (χ2v) is 4.76. The molecule has 1 aromatic rings. The van der Waals surface area contributed by atoms with Gasteiger partial charge in [-0.25, -0.2) is 4.39 Å². The van der Waals surface area contributed by atoms with Gasteiger partial charge in [-0.15, -0.1) is 0 Å². The van der Waals surface area contributed by atoms with Crippen molar-refractivity contribution in [2.45, 2.75) is 19.3 Å². The van der Waals surface area contributed by atoms with E-state index in [0.717, 1.165) is 12.8 Å². The summed E-state index contributed by atoms with van der Waals surface area (Å²) >= 11 is 5.76. The van der Waals surface area contributed by atoms with Gasteiger partial charge < -0.3 is 5.73 Å². The number of hydrogen-bond donors (Lipinski definition) is 1. The Morgan fingerprint density at radius 2 is 2.19 bits per heavy atom. The molecule has 86 valence electrons. The van der Waals surface area contributed by atoms with Crippen molar-refractivity contribution in [2.24, 2.45) is 11.1 Å². The summed E-state index contributed by atoms with van der Waals surface area (Å²) in [6, 6.07) is 4.26. The van der Waals surface area contributed by atoms with Gasteiger partial charge in [0.05, 0.1) is 0 Å². The lowest BCUT2D eigenvalue weighted by atomic mass is 9.95. The summed E-state index contributed by atoms with van der Waals surface area (Å²) in [6.45, 7) is 0.355. The van der Waals surface area contributed by atoms with E-state index in [4.69, 9.17) is 17.3 Å². The molecule has 1 aliphatic rings. The van der Waals surface area contributed by atoms with Crippen LogP contribution < -0.4 is 5.73 Å². The maximum atomic E-state index is 13.4. The van der Waals surface area contributed by atoms with Crippen LogP contribution >= 0.6 is 11.6 Å². The Labute approximate surface area is 98.6 Å². The van der Waals surface area contributed by atoms with Crippen LogP contribution in [-0.2, 0) is 11.2 Å². The molecule has 1 aromatic carbocycles. The second kappa shape index (κ2) is 4.15. The van der Waals surface area contributed by atoms with Crippen molar-refractivity contribution in [3.8, 4) is 0 Å². The van der Waals surface area contributed by atoms with E-state index in [9.17, 15) is 9.18 Å². The predicted molar refractivity (Wildman–Crippen MR) is 60.8 cm³/mol. The zero-order valence-corrected chi connectivity index (χ0v) is 9.56. The molecule has 2 N–H and O–H groups in total. The number of hydrogen-bond acceptors (Lipinski definition) is 2. The molecule has 0 radical (unpaired) electrons. The topological polar surface area (TPSA) is 43.1 Å². The minimum Gasteiger partial charge on any atom is -0.329 e. The molecule has 4 heteroatoms. The highest BCUT2D eigenvalue weighted by atomic mass is 35.5. The van der Waals surface area contributed by atoms with Crippen LogP contribution in [0.2, 0.25) is 5.02 Å². The zero-order valence-electron chi connectivity index (χ0n) is 8.80. The van der Waals surface area contributed by atoms with Gasteiger partial charge in [-0.2, -0.15) is 0 Å². The summed E-state index contributed by atoms with van der Waals surface area (Å²) in [6.07, 6.45) is 1.73. The molecule has 0 amide bonds. The summed E-state index contributed by atoms with van der Waals surface area (Å²) in [5, 5.41) is 0.446. The Morgan fingerprint density at radius 3 is 2.75 bits per heavy atom. The minimum atomic E-state index is -0.384. The van der Waals surface area contributed by atoms with Crippen molar-refractivity contribution >= 4 is 17.4 Å². The van der Waals surface area contributed by atoms with Crippen LogP contribution in [-0.4, -0.2) is 12.3 Å². The summed E-state index contributed by atoms with van der Waals surface area (Å²) in [5.74, 6) is -0.360. The van der Waals surface area contributed by atoms with Gasteiger partial charge >= 0.3 is 0 Å². The SMILES string of the molecule is NCC1(C(=O)Cc2cc(Cl)ccc2F)CC1. The number of ketones is 1. The Balaban J connectivity index is 2.15. The smallest absolute Gasteiger partial charge is 0.144 e. The monoisotopic (exact) mass is 241 g/mol. The molecule has 16 heavy (non-hydrogen) atoms. The Hall–Kier alpha value is -0.930. The molecule has 1 fully saturated rings. The van der Waals surface area contributed by atoms with Crippen molar-refractivity contribution < 1.29 is 9.18 Å². The quantitative estimate of drug-likeness (QED) is 0.879. The van der Waals surface area contributed by atoms with Crippen LogP contribution in [0.5, 0.6) is 0 Å². The van der Waals surface area contributed by atoms with E-state index < -0.39 is 0 Å². The standard InChI is InChI=1S/C12H13ClFNO/c13-9-1-2-10(14)8(5-9)6-11(16)12(7-15)3-4-12/h1-2,5H,3-4,6-7,15H2. The van der Waals surface area contributed by atoms with Gasteiger partial charge in [0.1, 0.15) is 11.6 Å². The van der Waals surface area contributed by atoms with Crippen LogP contribution in [0, 0.1) is 11.2 Å². The zero-order chi connectivity index (χ0) is 11.8. The lowest BCUT2D eigenvalue weighted by molar-refractivity contribution is -0.123. The number of Topliss-reactive ketones (excluding diaryl/α,β-unsaturated/α-hetero) is 1. The fourth-order valence-corrected chi connectivity index (χ4v) is 1.98. The molecule has 0 atom stereocenters. The lowest BCUT2D eigenvalue weighted by Crippen LogP contribution is -2.27. The maximum Gasteiger partial charge on any atom is 0.144 e. The first kappa shape index (κ1) is 11.6. The van der Waals surface area contributed by atoms with Gasteiger partial charge in [0.25, 0.3) is 0 Å². The van der Waals surface area contributed by atoms with Crippen molar-refractivity contribution in [3.63, 3.8) is 0 Å². The molecule has 0 aromatic heterocycles. The molecule has 0 bridgehead atoms. The van der Waals surface area contributed by atoms with Crippen molar-refractivity contribution in [1.82, 2.24) is 0 Å². The van der Waals surface area contributed by atoms with Crippen LogP contribution in [0.4, 0.5) is 4.39 Å². The fourth-order valence-electron chi connectivity index (χ4n) is 1.79. The van der Waals surface area contributed by atoms with Gasteiger partial charge in [-0.05, 0) is 36.6 Å². The number of nitrogens with two attached hydrogens (primary N) is 1. The molecule has 2 nitrogen and oxygen atoms in total. The molecular formula is C12H13ClFNO. The normalized spacial score (nSPS) is 17.2. The maximum absolute atomic E-state index is 13.4. The van der Waals surface area contributed by atoms with E-state index in [1.54, 1.807) is 0 Å². The Bertz CT molecular complexity index is 429. The average molecular weight is 242 g/mol. The predicted octanol–water partition coefficient (Wildman–Crippen LogP) is 2.33. The van der Waals surface area contributed by atoms with Crippen LogP contribution in [0.15, 0.2) is 18.2 Å². The highest BCUT2D eigenvalue weighted by molar-refractivity contribution is 6.30. The first-order chi connectivity index (χ1) is 7.57. The largest absolute Gasteiger partial charge is 0.329 e. The third-order valence-corrected chi connectivity index (χ3v) is 3.43. The van der Waals surface area contributed by atoms with Crippen molar-refractivity contribution in [1.29, 1.82) is 0 Å². The number of halogens is 2. The van der Waals surface area contributed by atoms with Gasteiger partial charge in [0.2, 0.25) is 0 Å². The highest BCUT2D eigenvalue weighted by Gasteiger charge is 2.47. The molecule has 1 aliphatic carbocycles. The average Bonchev–Trinajstić information content (AvgIpc) is 3.04. The highest BCUT2D eigenvalue weighted by Crippen LogP contribution is 2.46. The number of carbonyl (C=O) groups excluding carboxylic acids is 1. The second-order valence-electron chi connectivity index (χ2n) is 4.32. The van der Waals surface area contributed by atoms with Gasteiger partial charge in [-0.3, -0.25) is 4.79 Å². The summed E-state index contributed by atoms with van der Waals surface area (Å²) in [4.78, 5) is 11.9. The molecular weight excluding hydrogens is 229 g/mol. The van der Waals surface area contributed by atoms with E-state index in [1.807, 2.05) is 0 Å². The van der Waals surface area contributed by atoms with E-state index in [-0.39, 0.29) is 23.4 Å². The molecule has 2 rings (SSSR count). The fraction of sp³-hybridized carbons (Fsp3) is 0.417. The summed E-state index contributed by atoms with van der Waals surface area (Å²) in [5.41, 5.74) is 5.53. The van der Waals surface area contributed by atoms with Gasteiger partial charge in [0.15, 0.2) is 0 Å². The lowest BCUT2D eigenvalue weighted by Gasteiger charge is -2.11. The Morgan fingerprint density at radius 1 is 1.50 bits per heavy atom. The Kier molecular flexibility index (Phi) is 3.00. The van der Waals surface area contributed by atoms with Crippen molar-refractivity contribution in [2.75, 3.05) is 6.54 Å². The third-order valence-electron chi connectivity index (χ3n) is 3.19. The number of benzene rings is 1. The summed E-state index contributed by atoms with van der Waals surface area (Å²) < 4.78 is 13.4. The van der Waals surface area contributed by atoms with Gasteiger partial charge in [-0.1, -0.05) is 11.6 Å². The molecule has 0 unspecified atom stereocenters. The molecule has 1 saturated carbocycles. The van der Waals surface area contributed by atoms with E-state index in [2.05, 4.69) is 0 Å². The first-order valence-corrected chi connectivity index (χ1v) is 5.62. The molecule has 0 heterocycles. The van der Waals surface area contributed by atoms with Crippen LogP contribution in [0.1, 0.15) is 18.4 Å². The summed E-state index contributed by atoms with van der Waals surface area (Å²) in [7, 11) is 0. The molecule has 0 aliphatic heterocycles. The van der Waals surface area contributed by atoms with E-state index >= 15 is 0 Å². The third kappa shape index (κ3) is 2.11. The van der Waals surface area contributed by atoms with E-state index in [0.29, 0.717) is 17.1 Å². The van der Waals surface area contributed by atoms with Gasteiger partial charge in [0, 0.05) is 23.4 Å². The number of rotatable bonds is 4. The van der Waals surface area contributed by atoms with Crippen LogP contribution in [0.3, 0.4) is 0 Å². The first-order valence-electron chi connectivity index (χ1n) is 5.25. The van der Waals surface area contributed by atoms with Crippen molar-refractivity contribution in [3.05, 3.63) is 34.6 Å². The molecule has 0 spiro atoms. The van der Waals surface area contributed by atoms with E-state index in [1.165, 1.54) is 18.2 Å².